The van der Waals surface area contributed by atoms with Crippen LogP contribution < -0.4 is 4.90 Å². The Morgan fingerprint density at radius 2 is 2.06 bits per heavy atom. The van der Waals surface area contributed by atoms with Crippen molar-refractivity contribution < 1.29 is 0 Å². The molecule has 100 valence electrons. The second-order valence-corrected chi connectivity index (χ2v) is 5.74. The molecule has 0 spiro atoms. The molecule has 1 aliphatic carbocycles. The number of hydrogen-bond donors (Lipinski definition) is 1. The van der Waals surface area contributed by atoms with E-state index in [-0.39, 0.29) is 0 Å². The normalized spacial score (nSPS) is 23.3. The Bertz CT molecular complexity index is 388. The van der Waals surface area contributed by atoms with E-state index in [0.29, 0.717) is 6.04 Å². The van der Waals surface area contributed by atoms with E-state index in [1.807, 2.05) is 0 Å². The highest BCUT2D eigenvalue weighted by molar-refractivity contribution is 5.41. The predicted octanol–water partition coefficient (Wildman–Crippen LogP) is 2.21. The smallest absolute Gasteiger partial charge is 0.150 e. The van der Waals surface area contributed by atoms with Gasteiger partial charge >= 0.3 is 0 Å². The number of anilines is 1. The molecule has 1 saturated heterocycles. The van der Waals surface area contributed by atoms with Gasteiger partial charge in [-0.15, -0.1) is 0 Å². The molecule has 1 aromatic rings. The number of aromatic amines is 1. The molecule has 0 amide bonds. The first-order valence-electron chi connectivity index (χ1n) is 7.32. The largest absolute Gasteiger partial charge is 0.353 e. The van der Waals surface area contributed by atoms with Crippen LogP contribution in [0.15, 0.2) is 6.07 Å². The van der Waals surface area contributed by atoms with Crippen molar-refractivity contribution in [2.24, 2.45) is 0 Å². The summed E-state index contributed by atoms with van der Waals surface area (Å²) < 4.78 is 0. The third-order valence-corrected chi connectivity index (χ3v) is 4.45. The number of nitrogens with zero attached hydrogens (tertiary/aromatic N) is 3. The number of nitrogens with one attached hydrogen (secondary N) is 1. The zero-order chi connectivity index (χ0) is 12.5. The second-order valence-electron chi connectivity index (χ2n) is 5.74. The fourth-order valence-electron chi connectivity index (χ4n) is 2.74. The van der Waals surface area contributed by atoms with E-state index in [0.717, 1.165) is 24.8 Å². The zero-order valence-electron chi connectivity index (χ0n) is 11.5. The maximum atomic E-state index is 4.47. The summed E-state index contributed by atoms with van der Waals surface area (Å²) in [5.41, 5.74) is 1.34. The van der Waals surface area contributed by atoms with Crippen molar-refractivity contribution in [3.63, 3.8) is 0 Å². The molecular formula is C14H24N4. The van der Waals surface area contributed by atoms with Crippen LogP contribution in [0.5, 0.6) is 0 Å². The lowest BCUT2D eigenvalue weighted by Crippen LogP contribution is -2.49. The minimum Gasteiger partial charge on any atom is -0.353 e. The molecular weight excluding hydrogens is 224 g/mol. The summed E-state index contributed by atoms with van der Waals surface area (Å²) in [6.45, 7) is 9.15. The van der Waals surface area contributed by atoms with Gasteiger partial charge in [-0.1, -0.05) is 6.92 Å². The summed E-state index contributed by atoms with van der Waals surface area (Å²) in [4.78, 5) is 5.01. The van der Waals surface area contributed by atoms with Gasteiger partial charge in [0, 0.05) is 49.9 Å². The highest BCUT2D eigenvalue weighted by Crippen LogP contribution is 2.39. The first-order valence-corrected chi connectivity index (χ1v) is 7.32. The van der Waals surface area contributed by atoms with Crippen LogP contribution in [0.25, 0.3) is 0 Å². The SMILES string of the molecule is CCC(C)N1CCN(c2cc(C3CC3)[nH]n2)CC1. The standard InChI is InChI=1S/C14H24N4/c1-3-11(2)17-6-8-18(9-7-17)14-10-13(15-16-14)12-4-5-12/h10-12H,3-9H2,1-2H3,(H,15,16). The average Bonchev–Trinajstić information content (AvgIpc) is 3.16. The molecule has 2 heterocycles. The maximum absolute atomic E-state index is 4.47. The molecule has 2 aliphatic rings. The molecule has 0 radical (unpaired) electrons. The maximum Gasteiger partial charge on any atom is 0.150 e. The van der Waals surface area contributed by atoms with Crippen LogP contribution >= 0.6 is 0 Å². The van der Waals surface area contributed by atoms with E-state index < -0.39 is 0 Å². The quantitative estimate of drug-likeness (QED) is 0.887. The third-order valence-electron chi connectivity index (χ3n) is 4.45. The van der Waals surface area contributed by atoms with Crippen LogP contribution in [0.1, 0.15) is 44.7 Å². The van der Waals surface area contributed by atoms with Gasteiger partial charge in [0.25, 0.3) is 0 Å². The summed E-state index contributed by atoms with van der Waals surface area (Å²) in [6, 6.07) is 2.98. The molecule has 4 nitrogen and oxygen atoms in total. The van der Waals surface area contributed by atoms with Gasteiger partial charge in [0.2, 0.25) is 0 Å². The van der Waals surface area contributed by atoms with Crippen molar-refractivity contribution in [1.82, 2.24) is 15.1 Å². The summed E-state index contributed by atoms with van der Waals surface area (Å²) in [7, 11) is 0. The number of hydrogen-bond acceptors (Lipinski definition) is 3. The zero-order valence-corrected chi connectivity index (χ0v) is 11.5. The van der Waals surface area contributed by atoms with Gasteiger partial charge in [-0.3, -0.25) is 10.00 Å². The Hall–Kier alpha value is -1.03. The molecule has 1 atom stereocenters. The van der Waals surface area contributed by atoms with Gasteiger partial charge in [-0.2, -0.15) is 5.10 Å². The molecule has 1 aromatic heterocycles. The summed E-state index contributed by atoms with van der Waals surface area (Å²) in [5.74, 6) is 1.92. The highest BCUT2D eigenvalue weighted by atomic mass is 15.3. The summed E-state index contributed by atoms with van der Waals surface area (Å²) >= 11 is 0. The Morgan fingerprint density at radius 1 is 1.33 bits per heavy atom. The first kappa shape index (κ1) is 12.0. The van der Waals surface area contributed by atoms with E-state index in [9.17, 15) is 0 Å². The average molecular weight is 248 g/mol. The third kappa shape index (κ3) is 2.39. The Labute approximate surface area is 109 Å². The predicted molar refractivity (Wildman–Crippen MR) is 74.1 cm³/mol. The van der Waals surface area contributed by atoms with Gasteiger partial charge < -0.3 is 4.90 Å². The molecule has 18 heavy (non-hydrogen) atoms. The van der Waals surface area contributed by atoms with Crippen molar-refractivity contribution in [1.29, 1.82) is 0 Å². The lowest BCUT2D eigenvalue weighted by molar-refractivity contribution is 0.192. The van der Waals surface area contributed by atoms with Crippen molar-refractivity contribution in [3.05, 3.63) is 11.8 Å². The van der Waals surface area contributed by atoms with Crippen LogP contribution in [0.4, 0.5) is 5.82 Å². The molecule has 4 heteroatoms. The van der Waals surface area contributed by atoms with Gasteiger partial charge in [-0.05, 0) is 26.2 Å². The molecule has 1 saturated carbocycles. The fourth-order valence-corrected chi connectivity index (χ4v) is 2.74. The van der Waals surface area contributed by atoms with Gasteiger partial charge in [-0.25, -0.2) is 0 Å². The summed E-state index contributed by atoms with van der Waals surface area (Å²) in [5, 5.41) is 7.68. The number of rotatable bonds is 4. The van der Waals surface area contributed by atoms with E-state index in [4.69, 9.17) is 0 Å². The molecule has 0 bridgehead atoms. The minimum atomic E-state index is 0.716. The van der Waals surface area contributed by atoms with Crippen molar-refractivity contribution in [3.8, 4) is 0 Å². The Kier molecular flexibility index (Phi) is 3.29. The van der Waals surface area contributed by atoms with E-state index in [1.165, 1.54) is 38.0 Å². The van der Waals surface area contributed by atoms with Crippen LogP contribution in [0.3, 0.4) is 0 Å². The first-order chi connectivity index (χ1) is 8.78. The topological polar surface area (TPSA) is 35.2 Å². The number of aromatic nitrogens is 2. The second kappa shape index (κ2) is 4.92. The van der Waals surface area contributed by atoms with Gasteiger partial charge in [0.05, 0.1) is 0 Å². The van der Waals surface area contributed by atoms with Crippen molar-refractivity contribution in [2.45, 2.75) is 45.1 Å². The molecule has 1 N–H and O–H groups in total. The van der Waals surface area contributed by atoms with E-state index in [1.54, 1.807) is 0 Å². The fraction of sp³-hybridized carbons (Fsp3) is 0.786. The molecule has 2 fully saturated rings. The molecule has 1 unspecified atom stereocenters. The van der Waals surface area contributed by atoms with Crippen molar-refractivity contribution in [2.75, 3.05) is 31.1 Å². The Balaban J connectivity index is 1.58. The molecule has 1 aliphatic heterocycles. The molecule has 3 rings (SSSR count). The highest BCUT2D eigenvalue weighted by Gasteiger charge is 2.27. The minimum absolute atomic E-state index is 0.716. The number of H-pyrrole nitrogens is 1. The van der Waals surface area contributed by atoms with Crippen LogP contribution in [-0.2, 0) is 0 Å². The lowest BCUT2D eigenvalue weighted by atomic mass is 10.2. The lowest BCUT2D eigenvalue weighted by Gasteiger charge is -2.37. The van der Waals surface area contributed by atoms with Crippen molar-refractivity contribution >= 4 is 5.82 Å². The van der Waals surface area contributed by atoms with E-state index in [2.05, 4.69) is 39.9 Å². The van der Waals surface area contributed by atoms with E-state index >= 15 is 0 Å². The van der Waals surface area contributed by atoms with Gasteiger partial charge in [0.15, 0.2) is 5.82 Å². The molecule has 0 aromatic carbocycles. The van der Waals surface area contributed by atoms with Crippen LogP contribution in [-0.4, -0.2) is 47.3 Å². The monoisotopic (exact) mass is 248 g/mol. The Morgan fingerprint density at radius 3 is 2.67 bits per heavy atom. The number of piperazine rings is 1. The summed E-state index contributed by atoms with van der Waals surface area (Å²) in [6.07, 6.45) is 3.92. The van der Waals surface area contributed by atoms with Gasteiger partial charge in [0.1, 0.15) is 0 Å². The van der Waals surface area contributed by atoms with Crippen LogP contribution in [0, 0.1) is 0 Å². The van der Waals surface area contributed by atoms with Crippen LogP contribution in [0.2, 0.25) is 0 Å².